The molecule has 15 heteroatoms. The minimum Gasteiger partial charge on any atom is -0.385 e. The van der Waals surface area contributed by atoms with Crippen molar-refractivity contribution in [1.82, 2.24) is 34.5 Å². The number of nitrogens with one attached hydrogen (secondary N) is 1. The molecule has 0 spiro atoms. The lowest BCUT2D eigenvalue weighted by Gasteiger charge is -2.24. The highest BCUT2D eigenvalue weighted by Gasteiger charge is 2.35. The molecule has 1 N–H and O–H groups in total. The summed E-state index contributed by atoms with van der Waals surface area (Å²) in [5.74, 6) is 0.468. The highest BCUT2D eigenvalue weighted by molar-refractivity contribution is 7.93. The molecule has 3 atom stereocenters. The topological polar surface area (TPSA) is 148 Å². The molecule has 13 nitrogen and oxygen atoms in total. The number of sulfonamides is 1. The van der Waals surface area contributed by atoms with Crippen LogP contribution in [-0.2, 0) is 31.3 Å². The van der Waals surface area contributed by atoms with E-state index in [0.29, 0.717) is 29.6 Å². The van der Waals surface area contributed by atoms with E-state index < -0.39 is 27.6 Å². The molecule has 0 radical (unpaired) electrons. The van der Waals surface area contributed by atoms with E-state index in [9.17, 15) is 8.42 Å². The quantitative estimate of drug-likeness (QED) is 0.379. The van der Waals surface area contributed by atoms with Gasteiger partial charge in [-0.25, -0.2) is 18.4 Å². The van der Waals surface area contributed by atoms with E-state index in [1.165, 1.54) is 38.1 Å². The van der Waals surface area contributed by atoms with Crippen LogP contribution < -0.4 is 4.72 Å². The molecule has 0 aliphatic carbocycles. The Hall–Kier alpha value is -2.65. The van der Waals surface area contributed by atoms with Crippen molar-refractivity contribution in [2.45, 2.75) is 30.9 Å². The minimum absolute atomic E-state index is 0.0395. The molecule has 0 aliphatic rings. The molecule has 3 heterocycles. The SMILES string of the molecule is COCCC(OC)n1c(NS(=O)(=O)[C@@H](C)[C@H](OC)c2ncc(Cl)cn2)nnc1-c1ccn(C)n1. The number of nitrogens with zero attached hydrogens (tertiary/aromatic N) is 7. The van der Waals surface area contributed by atoms with Gasteiger partial charge in [0.25, 0.3) is 0 Å². The zero-order chi connectivity index (χ0) is 24.9. The molecule has 1 unspecified atom stereocenters. The molecule has 3 aromatic heterocycles. The summed E-state index contributed by atoms with van der Waals surface area (Å²) in [6, 6.07) is 1.74. The maximum Gasteiger partial charge on any atom is 0.240 e. The Balaban J connectivity index is 1.98. The fraction of sp³-hybridized carbons (Fsp3) is 0.526. The van der Waals surface area contributed by atoms with Gasteiger partial charge in [0.2, 0.25) is 16.0 Å². The molecule has 0 bridgehead atoms. The van der Waals surface area contributed by atoms with Gasteiger partial charge in [-0.1, -0.05) is 11.6 Å². The summed E-state index contributed by atoms with van der Waals surface area (Å²) in [4.78, 5) is 8.18. The Morgan fingerprint density at radius 3 is 2.41 bits per heavy atom. The predicted octanol–water partition coefficient (Wildman–Crippen LogP) is 1.82. The van der Waals surface area contributed by atoms with Crippen molar-refractivity contribution >= 4 is 27.6 Å². The first-order chi connectivity index (χ1) is 16.2. The molecule has 0 amide bonds. The highest BCUT2D eigenvalue weighted by Crippen LogP contribution is 2.29. The Bertz CT molecular complexity index is 1180. The molecular weight excluding hydrogens is 488 g/mol. The van der Waals surface area contributed by atoms with Crippen LogP contribution in [0.25, 0.3) is 11.5 Å². The third-order valence-corrected chi connectivity index (χ3v) is 6.95. The zero-order valence-electron chi connectivity index (χ0n) is 19.4. The third-order valence-electron chi connectivity index (χ3n) is 5.07. The molecule has 3 rings (SSSR count). The maximum atomic E-state index is 13.3. The van der Waals surface area contributed by atoms with Crippen molar-refractivity contribution in [3.63, 3.8) is 0 Å². The zero-order valence-corrected chi connectivity index (χ0v) is 21.0. The minimum atomic E-state index is -4.06. The summed E-state index contributed by atoms with van der Waals surface area (Å²) in [6.45, 7) is 1.84. The van der Waals surface area contributed by atoms with Gasteiger partial charge < -0.3 is 14.2 Å². The molecule has 0 aromatic carbocycles. The van der Waals surface area contributed by atoms with Crippen LogP contribution in [0.1, 0.15) is 31.5 Å². The average Bonchev–Trinajstić information content (AvgIpc) is 3.42. The van der Waals surface area contributed by atoms with Crippen molar-refractivity contribution in [3.8, 4) is 11.5 Å². The Morgan fingerprint density at radius 2 is 1.85 bits per heavy atom. The fourth-order valence-electron chi connectivity index (χ4n) is 3.27. The lowest BCUT2D eigenvalue weighted by Crippen LogP contribution is -2.34. The number of aryl methyl sites for hydroxylation is 1. The number of methoxy groups -OCH3 is 3. The van der Waals surface area contributed by atoms with Gasteiger partial charge in [0.1, 0.15) is 23.3 Å². The first-order valence-corrected chi connectivity index (χ1v) is 12.1. The Kier molecular flexibility index (Phi) is 8.54. The second-order valence-electron chi connectivity index (χ2n) is 7.33. The molecule has 186 valence electrons. The van der Waals surface area contributed by atoms with E-state index in [2.05, 4.69) is 30.0 Å². The van der Waals surface area contributed by atoms with Crippen LogP contribution in [-0.4, -0.2) is 76.1 Å². The lowest BCUT2D eigenvalue weighted by molar-refractivity contribution is 0.0189. The van der Waals surface area contributed by atoms with Crippen molar-refractivity contribution < 1.29 is 22.6 Å². The van der Waals surface area contributed by atoms with Crippen molar-refractivity contribution in [3.05, 3.63) is 35.5 Å². The van der Waals surface area contributed by atoms with Gasteiger partial charge in [0.05, 0.1) is 11.6 Å². The lowest BCUT2D eigenvalue weighted by atomic mass is 10.2. The van der Waals surface area contributed by atoms with E-state index >= 15 is 0 Å². The second-order valence-corrected chi connectivity index (χ2v) is 9.81. The standard InChI is InChI=1S/C19H27ClN8O5S/c1-12(16(33-5)17-21-10-13(20)11-22-17)34(29,30)26-19-24-23-18(14-6-8-27(2)25-14)28(19)15(32-4)7-9-31-3/h6,8,10-12,15-16H,7,9H2,1-5H3,(H,24,26)/t12-,15?,16-/m0/s1. The van der Waals surface area contributed by atoms with E-state index in [-0.39, 0.29) is 11.8 Å². The number of ether oxygens (including phenoxy) is 3. The van der Waals surface area contributed by atoms with Crippen LogP contribution in [0.4, 0.5) is 5.95 Å². The maximum absolute atomic E-state index is 13.3. The van der Waals surface area contributed by atoms with E-state index in [1.807, 2.05) is 0 Å². The first-order valence-electron chi connectivity index (χ1n) is 10.2. The highest BCUT2D eigenvalue weighted by atomic mass is 35.5. The summed E-state index contributed by atoms with van der Waals surface area (Å²) >= 11 is 5.85. The first kappa shape index (κ1) is 26.0. The van der Waals surface area contributed by atoms with Gasteiger partial charge in [-0.15, -0.1) is 10.2 Å². The van der Waals surface area contributed by atoms with Crippen molar-refractivity contribution in [2.24, 2.45) is 7.05 Å². The number of aromatic nitrogens is 7. The van der Waals surface area contributed by atoms with Gasteiger partial charge in [0.15, 0.2) is 11.6 Å². The third kappa shape index (κ3) is 5.70. The van der Waals surface area contributed by atoms with Gasteiger partial charge in [-0.05, 0) is 13.0 Å². The van der Waals surface area contributed by atoms with E-state index in [1.54, 1.807) is 31.1 Å². The van der Waals surface area contributed by atoms with Crippen LogP contribution in [0.5, 0.6) is 0 Å². The molecule has 3 aromatic rings. The monoisotopic (exact) mass is 514 g/mol. The van der Waals surface area contributed by atoms with Crippen molar-refractivity contribution in [1.29, 1.82) is 0 Å². The molecule has 0 aliphatic heterocycles. The number of anilines is 1. The van der Waals surface area contributed by atoms with Gasteiger partial charge in [-0.3, -0.25) is 14.0 Å². The molecule has 0 saturated carbocycles. The Labute approximate surface area is 202 Å². The summed E-state index contributed by atoms with van der Waals surface area (Å²) in [5, 5.41) is 11.8. The normalized spacial score (nSPS) is 14.6. The predicted molar refractivity (Wildman–Crippen MR) is 124 cm³/mol. The van der Waals surface area contributed by atoms with Gasteiger partial charge in [0, 0.05) is 53.4 Å². The van der Waals surface area contributed by atoms with Gasteiger partial charge >= 0.3 is 0 Å². The summed E-state index contributed by atoms with van der Waals surface area (Å²) < 4.78 is 48.5. The smallest absolute Gasteiger partial charge is 0.240 e. The van der Waals surface area contributed by atoms with Crippen LogP contribution in [0, 0.1) is 0 Å². The number of hydrogen-bond donors (Lipinski definition) is 1. The molecule has 34 heavy (non-hydrogen) atoms. The summed E-state index contributed by atoms with van der Waals surface area (Å²) in [6.07, 6.45) is 3.31. The molecular formula is C19H27ClN8O5S. The Morgan fingerprint density at radius 1 is 1.15 bits per heavy atom. The number of rotatable bonds is 12. The fourth-order valence-corrected chi connectivity index (χ4v) is 4.51. The average molecular weight is 515 g/mol. The van der Waals surface area contributed by atoms with E-state index in [4.69, 9.17) is 25.8 Å². The van der Waals surface area contributed by atoms with Crippen LogP contribution in [0.2, 0.25) is 5.02 Å². The molecule has 0 fully saturated rings. The second kappa shape index (κ2) is 11.2. The summed E-state index contributed by atoms with van der Waals surface area (Å²) in [5.41, 5.74) is 0.497. The van der Waals surface area contributed by atoms with Crippen LogP contribution in [0.15, 0.2) is 24.7 Å². The molecule has 0 saturated heterocycles. The van der Waals surface area contributed by atoms with Crippen LogP contribution in [0.3, 0.4) is 0 Å². The van der Waals surface area contributed by atoms with Crippen molar-refractivity contribution in [2.75, 3.05) is 32.7 Å². The number of hydrogen-bond acceptors (Lipinski definition) is 10. The number of halogens is 1. The van der Waals surface area contributed by atoms with Crippen LogP contribution >= 0.6 is 11.6 Å². The largest absolute Gasteiger partial charge is 0.385 e. The van der Waals surface area contributed by atoms with E-state index in [0.717, 1.165) is 0 Å². The van der Waals surface area contributed by atoms with Gasteiger partial charge in [-0.2, -0.15) is 5.10 Å². The summed E-state index contributed by atoms with van der Waals surface area (Å²) in [7, 11) is 2.15.